The highest BCUT2D eigenvalue weighted by Gasteiger charge is 2.47. The summed E-state index contributed by atoms with van der Waals surface area (Å²) in [6.45, 7) is 12.0. The maximum Gasteiger partial charge on any atom is 0.333 e. The Morgan fingerprint density at radius 2 is 1.23 bits per heavy atom. The summed E-state index contributed by atoms with van der Waals surface area (Å²) in [5.41, 5.74) is 15.6. The molecule has 0 unspecified atom stereocenters. The fraction of sp³-hybridized carbons (Fsp3) is 0.164. The van der Waals surface area contributed by atoms with E-state index in [1.165, 1.54) is 109 Å². The van der Waals surface area contributed by atoms with E-state index in [9.17, 15) is 0 Å². The van der Waals surface area contributed by atoms with E-state index in [0.29, 0.717) is 0 Å². The van der Waals surface area contributed by atoms with E-state index in [2.05, 4.69) is 153 Å². The molecule has 0 radical (unpaired) electrons. The first-order valence-electron chi connectivity index (χ1n) is 21.7. The number of ether oxygens (including phenoxy) is 2. The van der Waals surface area contributed by atoms with Gasteiger partial charge in [0.15, 0.2) is 23.0 Å². The van der Waals surface area contributed by atoms with Crippen molar-refractivity contribution in [2.75, 3.05) is 4.81 Å². The van der Waals surface area contributed by atoms with Crippen LogP contribution in [0.3, 0.4) is 0 Å². The highest BCUT2D eigenvalue weighted by molar-refractivity contribution is 7.26. The van der Waals surface area contributed by atoms with Crippen molar-refractivity contribution in [2.45, 2.75) is 58.3 Å². The molecule has 0 saturated carbocycles. The van der Waals surface area contributed by atoms with E-state index in [1.54, 1.807) is 0 Å². The molecule has 0 N–H and O–H groups in total. The SMILES string of the molecule is Cc1cc2c(cc1N1B3c4c(cc5c(sc6ccccc65)c4-c4cc5c(cc41)Oc1ccccc1O5)-n1c4c3cccc4c3ccc4ccccc4c31)C(C)(C)CCC2(C)C. The molecule has 6 heteroatoms. The first-order valence-corrected chi connectivity index (χ1v) is 22.5. The molecule has 10 aromatic rings. The lowest BCUT2D eigenvalue weighted by molar-refractivity contribution is 0.332. The summed E-state index contributed by atoms with van der Waals surface area (Å²) in [7, 11) is 0. The molecule has 4 nitrogen and oxygen atoms in total. The second-order valence-corrected chi connectivity index (χ2v) is 20.2. The number of hydrogen-bond donors (Lipinski definition) is 0. The maximum atomic E-state index is 6.78. The summed E-state index contributed by atoms with van der Waals surface area (Å²) < 4.78 is 18.8. The number of benzene rings is 8. The third-order valence-electron chi connectivity index (χ3n) is 14.8. The number of rotatable bonds is 1. The minimum Gasteiger partial charge on any atom is -0.449 e. The summed E-state index contributed by atoms with van der Waals surface area (Å²) in [4.78, 5) is 2.69. The van der Waals surface area contributed by atoms with E-state index < -0.39 is 0 Å². The van der Waals surface area contributed by atoms with Crippen LogP contribution in [-0.2, 0) is 10.8 Å². The van der Waals surface area contributed by atoms with Crippen LogP contribution in [0.2, 0.25) is 0 Å². The van der Waals surface area contributed by atoms with Crippen molar-refractivity contribution in [3.63, 3.8) is 0 Å². The van der Waals surface area contributed by atoms with Gasteiger partial charge in [-0.1, -0.05) is 119 Å². The van der Waals surface area contributed by atoms with Crippen molar-refractivity contribution in [2.24, 2.45) is 0 Å². The molecule has 0 fully saturated rings. The third-order valence-corrected chi connectivity index (χ3v) is 16.0. The van der Waals surface area contributed by atoms with Crippen molar-refractivity contribution in [1.82, 2.24) is 4.57 Å². The summed E-state index contributed by atoms with van der Waals surface area (Å²) in [5.74, 6) is 2.95. The van der Waals surface area contributed by atoms with Gasteiger partial charge in [0, 0.05) is 70.6 Å². The summed E-state index contributed by atoms with van der Waals surface area (Å²) in [6.07, 6.45) is 2.33. The van der Waals surface area contributed by atoms with E-state index in [4.69, 9.17) is 9.47 Å². The van der Waals surface area contributed by atoms with Crippen LogP contribution in [0.4, 0.5) is 11.4 Å². The van der Waals surface area contributed by atoms with Crippen LogP contribution in [0.25, 0.3) is 69.6 Å². The zero-order valence-corrected chi connectivity index (χ0v) is 35.6. The van der Waals surface area contributed by atoms with Crippen LogP contribution in [0.5, 0.6) is 23.0 Å². The van der Waals surface area contributed by atoms with Crippen LogP contribution in [0, 0.1) is 6.92 Å². The van der Waals surface area contributed by atoms with Crippen LogP contribution < -0.4 is 25.2 Å². The molecule has 0 atom stereocenters. The Morgan fingerprint density at radius 1 is 0.557 bits per heavy atom. The average molecular weight is 805 g/mol. The van der Waals surface area contributed by atoms with Crippen molar-refractivity contribution in [3.8, 4) is 39.8 Å². The second kappa shape index (κ2) is 11.4. The molecule has 1 aliphatic carbocycles. The molecule has 2 aromatic heterocycles. The number of fused-ring (bicyclic) bond motifs is 16. The van der Waals surface area contributed by atoms with Gasteiger partial charge in [-0.05, 0) is 100.0 Å². The Labute approximate surface area is 358 Å². The molecular formula is C55H41BN2O2S. The van der Waals surface area contributed by atoms with Crippen LogP contribution in [0.15, 0.2) is 133 Å². The van der Waals surface area contributed by atoms with Gasteiger partial charge in [-0.2, -0.15) is 0 Å². The lowest BCUT2D eigenvalue weighted by atomic mass is 9.43. The van der Waals surface area contributed by atoms with Gasteiger partial charge in [-0.25, -0.2) is 0 Å². The normalized spacial score (nSPS) is 16.3. The van der Waals surface area contributed by atoms with Gasteiger partial charge in [0.1, 0.15) is 0 Å². The fourth-order valence-electron chi connectivity index (χ4n) is 11.7. The number of aryl methyl sites for hydroxylation is 1. The van der Waals surface area contributed by atoms with Crippen LogP contribution in [-0.4, -0.2) is 11.4 Å². The molecule has 292 valence electrons. The highest BCUT2D eigenvalue weighted by Crippen LogP contribution is 2.56. The second-order valence-electron chi connectivity index (χ2n) is 19.1. The Kier molecular flexibility index (Phi) is 6.43. The summed E-state index contributed by atoms with van der Waals surface area (Å²) in [6, 6.07) is 49.7. The van der Waals surface area contributed by atoms with E-state index in [0.717, 1.165) is 35.1 Å². The molecule has 8 aromatic carbocycles. The fourth-order valence-corrected chi connectivity index (χ4v) is 12.9. The van der Waals surface area contributed by atoms with Crippen molar-refractivity contribution < 1.29 is 9.47 Å². The maximum absolute atomic E-state index is 6.78. The largest absolute Gasteiger partial charge is 0.449 e. The molecule has 5 heterocycles. The standard InChI is InChI=1S/C55H41BN2O2S/c1-30-25-38-39(55(4,5)24-23-54(38,2)3)28-41(30)58-42-29-47-46(59-44-18-9-10-19-45(44)60-47)27-37(42)49-50-43(26-36-33-15-8-11-20-48(33)61-53(36)49)57-51-32-14-7-6-13-31(32)21-22-35(51)34-16-12-17-40(52(34)57)56(50)58/h6-22,25-29H,23-24H2,1-5H3. The average Bonchev–Trinajstić information content (AvgIpc) is 3.82. The van der Waals surface area contributed by atoms with Crippen molar-refractivity contribution in [3.05, 3.63) is 150 Å². The molecule has 0 bridgehead atoms. The van der Waals surface area contributed by atoms with Gasteiger partial charge in [-0.15, -0.1) is 11.3 Å². The first kappa shape index (κ1) is 34.2. The molecular weight excluding hydrogens is 763 g/mol. The van der Waals surface area contributed by atoms with Crippen molar-refractivity contribution in [1.29, 1.82) is 0 Å². The highest BCUT2D eigenvalue weighted by atomic mass is 32.1. The van der Waals surface area contributed by atoms with Gasteiger partial charge in [0.2, 0.25) is 0 Å². The predicted molar refractivity (Wildman–Crippen MR) is 257 cm³/mol. The Hall–Kier alpha value is -6.50. The number of anilines is 2. The van der Waals surface area contributed by atoms with Gasteiger partial charge in [0.25, 0.3) is 0 Å². The van der Waals surface area contributed by atoms with E-state index in [1.807, 2.05) is 35.6 Å². The molecule has 14 rings (SSSR count). The van der Waals surface area contributed by atoms with E-state index >= 15 is 0 Å². The lowest BCUT2D eigenvalue weighted by Crippen LogP contribution is -2.60. The Balaban J connectivity index is 1.18. The monoisotopic (exact) mass is 804 g/mol. The number of para-hydroxylation sites is 3. The smallest absolute Gasteiger partial charge is 0.333 e. The molecule has 0 spiro atoms. The number of aromatic nitrogens is 1. The number of thiophene rings is 1. The summed E-state index contributed by atoms with van der Waals surface area (Å²) >= 11 is 1.91. The lowest BCUT2D eigenvalue weighted by Gasteiger charge is -2.46. The van der Waals surface area contributed by atoms with Gasteiger partial charge in [0.05, 0.1) is 11.0 Å². The molecule has 0 amide bonds. The quantitative estimate of drug-likeness (QED) is 0.155. The summed E-state index contributed by atoms with van der Waals surface area (Å²) in [5, 5.41) is 7.67. The van der Waals surface area contributed by atoms with E-state index in [-0.39, 0.29) is 17.7 Å². The minimum absolute atomic E-state index is 0.0365. The zero-order valence-electron chi connectivity index (χ0n) is 34.8. The van der Waals surface area contributed by atoms with Crippen molar-refractivity contribution >= 4 is 93.2 Å². The van der Waals surface area contributed by atoms with Crippen LogP contribution in [0.1, 0.15) is 57.2 Å². The molecule has 4 aliphatic rings. The number of nitrogens with zero attached hydrogens (tertiary/aromatic N) is 2. The van der Waals surface area contributed by atoms with Gasteiger partial charge < -0.3 is 18.9 Å². The Bertz CT molecular complexity index is 3650. The molecule has 0 saturated heterocycles. The van der Waals surface area contributed by atoms with Gasteiger partial charge >= 0.3 is 6.85 Å². The predicted octanol–water partition coefficient (Wildman–Crippen LogP) is 14.1. The third kappa shape index (κ3) is 4.36. The topological polar surface area (TPSA) is 26.6 Å². The first-order chi connectivity index (χ1) is 29.6. The Morgan fingerprint density at radius 3 is 2.03 bits per heavy atom. The van der Waals surface area contributed by atoms with Crippen LogP contribution >= 0.6 is 11.3 Å². The molecule has 3 aliphatic heterocycles. The van der Waals surface area contributed by atoms with Gasteiger partial charge in [-0.3, -0.25) is 0 Å². The molecule has 61 heavy (non-hydrogen) atoms. The number of hydrogen-bond acceptors (Lipinski definition) is 4. The zero-order chi connectivity index (χ0) is 40.7. The minimum atomic E-state index is -0.120.